The Morgan fingerprint density at radius 3 is 1.50 bits per heavy atom. The number of alkyl halides is 7. The van der Waals surface area contributed by atoms with Gasteiger partial charge in [-0.25, -0.2) is 0 Å². The summed E-state index contributed by atoms with van der Waals surface area (Å²) in [6, 6.07) is 0. The zero-order chi connectivity index (χ0) is 19.6. The Morgan fingerprint density at radius 1 is 0.792 bits per heavy atom. The molecule has 1 aliphatic rings. The highest BCUT2D eigenvalue weighted by Crippen LogP contribution is 2.58. The van der Waals surface area contributed by atoms with Crippen LogP contribution in [0.15, 0.2) is 23.3 Å². The van der Waals surface area contributed by atoms with Crippen molar-refractivity contribution in [3.8, 4) is 0 Å². The summed E-state index contributed by atoms with van der Waals surface area (Å²) in [5.74, 6) is -12.2. The van der Waals surface area contributed by atoms with Gasteiger partial charge in [-0.2, -0.15) is 30.7 Å². The lowest BCUT2D eigenvalue weighted by molar-refractivity contribution is -0.377. The van der Waals surface area contributed by atoms with Crippen molar-refractivity contribution >= 4 is 0 Å². The highest BCUT2D eigenvalue weighted by Gasteiger charge is 2.80. The Labute approximate surface area is 136 Å². The molecule has 1 atom stereocenters. The van der Waals surface area contributed by atoms with Crippen molar-refractivity contribution < 1.29 is 35.8 Å². The van der Waals surface area contributed by atoms with Crippen LogP contribution in [0.3, 0.4) is 0 Å². The molecule has 140 valence electrons. The topological polar surface area (TPSA) is 20.2 Å². The lowest BCUT2D eigenvalue weighted by Crippen LogP contribution is -2.64. The minimum atomic E-state index is -6.51. The fraction of sp³-hybridized carbons (Fsp3) is 0.750. The van der Waals surface area contributed by atoms with Gasteiger partial charge in [0, 0.05) is 0 Å². The fourth-order valence-electron chi connectivity index (χ4n) is 2.51. The van der Waals surface area contributed by atoms with E-state index in [-0.39, 0.29) is 5.57 Å². The van der Waals surface area contributed by atoms with Gasteiger partial charge in [-0.1, -0.05) is 47.6 Å². The van der Waals surface area contributed by atoms with E-state index in [2.05, 4.69) is 0 Å². The van der Waals surface area contributed by atoms with Crippen molar-refractivity contribution in [3.63, 3.8) is 0 Å². The van der Waals surface area contributed by atoms with E-state index < -0.39 is 40.0 Å². The largest absolute Gasteiger partial charge is 0.460 e. The second kappa shape index (κ2) is 5.22. The third-order valence-corrected chi connectivity index (χ3v) is 3.98. The molecule has 0 aliphatic heterocycles. The summed E-state index contributed by atoms with van der Waals surface area (Å²) in [4.78, 5) is 0. The third-order valence-electron chi connectivity index (χ3n) is 3.98. The van der Waals surface area contributed by atoms with Gasteiger partial charge in [0.15, 0.2) is 5.60 Å². The Balaban J connectivity index is 3.69. The molecule has 0 saturated carbocycles. The lowest BCUT2D eigenvalue weighted by Gasteiger charge is -2.42. The zero-order valence-electron chi connectivity index (χ0n) is 14.2. The van der Waals surface area contributed by atoms with Gasteiger partial charge in [0.05, 0.1) is 0 Å². The molecule has 1 unspecified atom stereocenters. The molecule has 1 nitrogen and oxygen atoms in total. The minimum absolute atomic E-state index is 0.0626. The van der Waals surface area contributed by atoms with Crippen molar-refractivity contribution in [3.05, 3.63) is 23.3 Å². The first-order valence-electron chi connectivity index (χ1n) is 7.20. The first-order valence-corrected chi connectivity index (χ1v) is 7.20. The Morgan fingerprint density at radius 2 is 1.21 bits per heavy atom. The summed E-state index contributed by atoms with van der Waals surface area (Å²) in [5.41, 5.74) is -6.36. The Hall–Kier alpha value is -1.05. The molecule has 0 radical (unpaired) electrons. The van der Waals surface area contributed by atoms with Crippen LogP contribution in [0, 0.1) is 10.8 Å². The standard InChI is InChI=1S/C16H21F7O/c1-11(2,3)9-7-10(12(4,5)6)13(24,8-9)14(17,18)15(19,20)16(21,22)23/h7-8,24H,1-6H3. The monoisotopic (exact) mass is 362 g/mol. The highest BCUT2D eigenvalue weighted by atomic mass is 19.4. The second-order valence-electron chi connectivity index (χ2n) is 8.07. The predicted octanol–water partition coefficient (Wildman–Crippen LogP) is 5.51. The maximum atomic E-state index is 14.3. The molecule has 0 saturated heterocycles. The van der Waals surface area contributed by atoms with Crippen LogP contribution in [-0.2, 0) is 0 Å². The van der Waals surface area contributed by atoms with E-state index in [1.165, 1.54) is 20.8 Å². The quantitative estimate of drug-likeness (QED) is 0.643. The fourth-order valence-corrected chi connectivity index (χ4v) is 2.51. The van der Waals surface area contributed by atoms with E-state index >= 15 is 0 Å². The summed E-state index contributed by atoms with van der Waals surface area (Å²) >= 11 is 0. The average Bonchev–Trinajstić information content (AvgIpc) is 2.66. The Bertz CT molecular complexity index is 571. The molecule has 0 aromatic carbocycles. The molecule has 8 heteroatoms. The second-order valence-corrected chi connectivity index (χ2v) is 8.07. The molecule has 0 aromatic heterocycles. The summed E-state index contributed by atoms with van der Waals surface area (Å²) < 4.78 is 93.2. The molecule has 0 heterocycles. The maximum absolute atomic E-state index is 14.3. The molecular weight excluding hydrogens is 341 g/mol. The third kappa shape index (κ3) is 2.97. The number of rotatable bonds is 2. The van der Waals surface area contributed by atoms with Crippen LogP contribution >= 0.6 is 0 Å². The average molecular weight is 362 g/mol. The number of aliphatic hydroxyl groups is 1. The first-order chi connectivity index (χ1) is 10.2. The van der Waals surface area contributed by atoms with E-state index in [1.807, 2.05) is 0 Å². The van der Waals surface area contributed by atoms with Crippen molar-refractivity contribution in [1.82, 2.24) is 0 Å². The number of hydrogen-bond donors (Lipinski definition) is 1. The van der Waals surface area contributed by atoms with E-state index in [0.717, 1.165) is 6.08 Å². The van der Waals surface area contributed by atoms with Gasteiger partial charge >= 0.3 is 18.0 Å². The summed E-state index contributed by atoms with van der Waals surface area (Å²) in [5, 5.41) is 10.4. The van der Waals surface area contributed by atoms with Gasteiger partial charge < -0.3 is 5.11 Å². The smallest absolute Gasteiger partial charge is 0.375 e. The van der Waals surface area contributed by atoms with Gasteiger partial charge in [-0.15, -0.1) is 0 Å². The number of allylic oxidation sites excluding steroid dienone is 2. The highest BCUT2D eigenvalue weighted by molar-refractivity contribution is 5.50. The normalized spacial score (nSPS) is 24.1. The number of hydrogen-bond acceptors (Lipinski definition) is 1. The maximum Gasteiger partial charge on any atom is 0.460 e. The van der Waals surface area contributed by atoms with E-state index in [1.54, 1.807) is 20.8 Å². The molecule has 0 fully saturated rings. The van der Waals surface area contributed by atoms with Crippen LogP contribution in [0.4, 0.5) is 30.7 Å². The van der Waals surface area contributed by atoms with Crippen LogP contribution in [0.5, 0.6) is 0 Å². The zero-order valence-corrected chi connectivity index (χ0v) is 14.2. The SMILES string of the molecule is CC(C)(C)C1=CC(O)(C(F)(F)C(F)(F)C(F)(F)F)C(C(C)(C)C)=C1. The molecule has 0 aromatic rings. The minimum Gasteiger partial charge on any atom is -0.375 e. The molecule has 0 amide bonds. The van der Waals surface area contributed by atoms with Gasteiger partial charge in [-0.05, 0) is 28.1 Å². The summed E-state index contributed by atoms with van der Waals surface area (Å²) in [6.07, 6.45) is -5.00. The molecule has 0 spiro atoms. The van der Waals surface area contributed by atoms with Crippen LogP contribution in [0.2, 0.25) is 0 Å². The molecule has 1 aliphatic carbocycles. The van der Waals surface area contributed by atoms with Crippen LogP contribution in [0.1, 0.15) is 41.5 Å². The van der Waals surface area contributed by atoms with Gasteiger partial charge in [0.1, 0.15) is 0 Å². The van der Waals surface area contributed by atoms with Crippen molar-refractivity contribution in [2.75, 3.05) is 0 Å². The van der Waals surface area contributed by atoms with Gasteiger partial charge in [-0.3, -0.25) is 0 Å². The van der Waals surface area contributed by atoms with Crippen molar-refractivity contribution in [2.24, 2.45) is 10.8 Å². The summed E-state index contributed by atoms with van der Waals surface area (Å²) in [6.45, 7) is 8.77. The van der Waals surface area contributed by atoms with Crippen molar-refractivity contribution in [1.29, 1.82) is 0 Å². The van der Waals surface area contributed by atoms with E-state index in [4.69, 9.17) is 0 Å². The Kier molecular flexibility index (Phi) is 4.57. The van der Waals surface area contributed by atoms with Gasteiger partial charge in [0.2, 0.25) is 0 Å². The molecule has 1 N–H and O–H groups in total. The van der Waals surface area contributed by atoms with E-state index in [0.29, 0.717) is 6.08 Å². The van der Waals surface area contributed by atoms with Gasteiger partial charge in [0.25, 0.3) is 0 Å². The summed E-state index contributed by atoms with van der Waals surface area (Å²) in [7, 11) is 0. The van der Waals surface area contributed by atoms with Crippen LogP contribution in [0.25, 0.3) is 0 Å². The lowest BCUT2D eigenvalue weighted by atomic mass is 9.73. The number of halogens is 7. The molecule has 0 bridgehead atoms. The first kappa shape index (κ1) is 21.0. The predicted molar refractivity (Wildman–Crippen MR) is 76.0 cm³/mol. The molecular formula is C16H21F7O. The van der Waals surface area contributed by atoms with Crippen molar-refractivity contribution in [2.45, 2.75) is 65.2 Å². The molecule has 1 rings (SSSR count). The van der Waals surface area contributed by atoms with Crippen LogP contribution < -0.4 is 0 Å². The van der Waals surface area contributed by atoms with E-state index in [9.17, 15) is 35.8 Å². The molecule has 24 heavy (non-hydrogen) atoms. The van der Waals surface area contributed by atoms with Crippen LogP contribution in [-0.4, -0.2) is 28.7 Å².